The lowest BCUT2D eigenvalue weighted by Crippen LogP contribution is -2.23. The van der Waals surface area contributed by atoms with Crippen LogP contribution in [-0.2, 0) is 4.79 Å². The van der Waals surface area contributed by atoms with Gasteiger partial charge in [0.25, 0.3) is 0 Å². The molecule has 0 spiro atoms. The molecule has 0 bridgehead atoms. The van der Waals surface area contributed by atoms with Gasteiger partial charge in [-0.25, -0.2) is 4.39 Å². The van der Waals surface area contributed by atoms with Crippen LogP contribution < -0.4 is 5.32 Å². The van der Waals surface area contributed by atoms with E-state index in [-0.39, 0.29) is 39.0 Å². The molecule has 142 valence electrons. The summed E-state index contributed by atoms with van der Waals surface area (Å²) in [5.74, 6) is -1.76. The number of nitrogens with one attached hydrogen (secondary N) is 1. The van der Waals surface area contributed by atoms with Gasteiger partial charge in [-0.1, -0.05) is 54.1 Å². The lowest BCUT2D eigenvalue weighted by Gasteiger charge is -2.20. The second-order valence-electron chi connectivity index (χ2n) is 6.39. The smallest absolute Gasteiger partial charge is 0.248 e. The van der Waals surface area contributed by atoms with Crippen LogP contribution in [0.1, 0.15) is 37.4 Å². The average molecular weight is 406 g/mol. The van der Waals surface area contributed by atoms with Crippen molar-refractivity contribution in [3.8, 4) is 0 Å². The van der Waals surface area contributed by atoms with Gasteiger partial charge in [0.05, 0.1) is 16.3 Å². The Hall–Kier alpha value is -3.57. The van der Waals surface area contributed by atoms with Gasteiger partial charge in [-0.05, 0) is 24.3 Å². The van der Waals surface area contributed by atoms with Crippen molar-refractivity contribution < 1.29 is 18.8 Å². The van der Waals surface area contributed by atoms with Gasteiger partial charge in [0.2, 0.25) is 5.91 Å². The fourth-order valence-corrected chi connectivity index (χ4v) is 3.48. The summed E-state index contributed by atoms with van der Waals surface area (Å²) in [5, 5.41) is 2.77. The van der Waals surface area contributed by atoms with Gasteiger partial charge < -0.3 is 5.32 Å². The SMILES string of the molecule is O=C(C=Cc1c(F)cccc1Cl)Nc1cccc2c1C(=O)c1ccccc1C2=O. The van der Waals surface area contributed by atoms with Crippen molar-refractivity contribution in [1.82, 2.24) is 0 Å². The molecule has 0 saturated carbocycles. The minimum Gasteiger partial charge on any atom is -0.322 e. The molecule has 0 radical (unpaired) electrons. The van der Waals surface area contributed by atoms with Gasteiger partial charge in [0.1, 0.15) is 5.82 Å². The highest BCUT2D eigenvalue weighted by Crippen LogP contribution is 2.32. The first-order valence-corrected chi connectivity index (χ1v) is 9.09. The summed E-state index contributed by atoms with van der Waals surface area (Å²) in [6.45, 7) is 0. The Morgan fingerprint density at radius 1 is 0.862 bits per heavy atom. The summed E-state index contributed by atoms with van der Waals surface area (Å²) in [5.41, 5.74) is 1.29. The van der Waals surface area contributed by atoms with E-state index in [1.54, 1.807) is 42.5 Å². The van der Waals surface area contributed by atoms with Crippen molar-refractivity contribution in [2.45, 2.75) is 0 Å². The summed E-state index contributed by atoms with van der Waals surface area (Å²) in [6.07, 6.45) is 2.37. The Balaban J connectivity index is 1.66. The van der Waals surface area contributed by atoms with Crippen LogP contribution in [-0.4, -0.2) is 17.5 Å². The second kappa shape index (κ2) is 7.45. The van der Waals surface area contributed by atoms with Gasteiger partial charge in [-0.3, -0.25) is 14.4 Å². The molecule has 0 unspecified atom stereocenters. The molecule has 4 rings (SSSR count). The van der Waals surface area contributed by atoms with E-state index < -0.39 is 11.7 Å². The van der Waals surface area contributed by atoms with Crippen LogP contribution in [0.25, 0.3) is 6.08 Å². The Labute approximate surface area is 170 Å². The number of halogens is 2. The Bertz CT molecular complexity index is 1200. The van der Waals surface area contributed by atoms with E-state index in [9.17, 15) is 18.8 Å². The highest BCUT2D eigenvalue weighted by atomic mass is 35.5. The Kier molecular flexibility index (Phi) is 4.82. The largest absolute Gasteiger partial charge is 0.322 e. The molecule has 6 heteroatoms. The second-order valence-corrected chi connectivity index (χ2v) is 6.80. The molecule has 1 N–H and O–H groups in total. The van der Waals surface area contributed by atoms with Crippen molar-refractivity contribution in [3.05, 3.63) is 105 Å². The van der Waals surface area contributed by atoms with Gasteiger partial charge in [-0.2, -0.15) is 0 Å². The van der Waals surface area contributed by atoms with Gasteiger partial charge in [0.15, 0.2) is 11.6 Å². The number of rotatable bonds is 3. The van der Waals surface area contributed by atoms with Crippen LogP contribution in [0.5, 0.6) is 0 Å². The first-order chi connectivity index (χ1) is 14.0. The summed E-state index contributed by atoms with van der Waals surface area (Å²) >= 11 is 5.95. The summed E-state index contributed by atoms with van der Waals surface area (Å²) < 4.78 is 13.8. The molecule has 0 atom stereocenters. The molecular formula is C23H13ClFNO3. The molecule has 0 fully saturated rings. The van der Waals surface area contributed by atoms with Crippen LogP contribution in [0, 0.1) is 5.82 Å². The summed E-state index contributed by atoms with van der Waals surface area (Å²) in [4.78, 5) is 38.0. The predicted octanol–water partition coefficient (Wildman–Crippen LogP) is 4.91. The number of carbonyl (C=O) groups is 3. The maximum absolute atomic E-state index is 13.8. The standard InChI is InChI=1S/C23H13ClFNO3/c24-17-8-4-9-18(25)15(17)11-12-20(27)26-19-10-3-7-16-21(19)23(29)14-6-2-1-5-13(14)22(16)28/h1-12H,(H,26,27). The van der Waals surface area contributed by atoms with Crippen molar-refractivity contribution in [1.29, 1.82) is 0 Å². The highest BCUT2D eigenvalue weighted by Gasteiger charge is 2.31. The van der Waals surface area contributed by atoms with Crippen molar-refractivity contribution in [3.63, 3.8) is 0 Å². The minimum atomic E-state index is -0.586. The maximum atomic E-state index is 13.8. The van der Waals surface area contributed by atoms with Crippen LogP contribution in [0.15, 0.2) is 66.7 Å². The fourth-order valence-electron chi connectivity index (χ4n) is 3.25. The van der Waals surface area contributed by atoms with Gasteiger partial charge in [-0.15, -0.1) is 0 Å². The quantitative estimate of drug-likeness (QED) is 0.493. The number of anilines is 1. The summed E-state index contributed by atoms with van der Waals surface area (Å²) in [6, 6.07) is 15.4. The topological polar surface area (TPSA) is 63.2 Å². The third-order valence-electron chi connectivity index (χ3n) is 4.61. The molecule has 0 aromatic heterocycles. The van der Waals surface area contributed by atoms with Crippen LogP contribution in [0.3, 0.4) is 0 Å². The zero-order valence-electron chi connectivity index (χ0n) is 14.9. The number of ketones is 2. The third-order valence-corrected chi connectivity index (χ3v) is 4.94. The van der Waals surface area contributed by atoms with Gasteiger partial charge in [0, 0.05) is 28.3 Å². The van der Waals surface area contributed by atoms with Crippen LogP contribution >= 0.6 is 11.6 Å². The molecule has 3 aromatic rings. The van der Waals surface area contributed by atoms with E-state index in [2.05, 4.69) is 5.32 Å². The number of carbonyl (C=O) groups excluding carboxylic acids is 3. The summed E-state index contributed by atoms with van der Waals surface area (Å²) in [7, 11) is 0. The van der Waals surface area contributed by atoms with E-state index in [0.717, 1.165) is 6.08 Å². The monoisotopic (exact) mass is 405 g/mol. The number of hydrogen-bond donors (Lipinski definition) is 1. The maximum Gasteiger partial charge on any atom is 0.248 e. The van der Waals surface area contributed by atoms with Gasteiger partial charge >= 0.3 is 0 Å². The zero-order chi connectivity index (χ0) is 20.5. The molecular weight excluding hydrogens is 393 g/mol. The van der Waals surface area contributed by atoms with E-state index >= 15 is 0 Å². The molecule has 1 aliphatic carbocycles. The van der Waals surface area contributed by atoms with E-state index in [0.29, 0.717) is 11.1 Å². The number of amides is 1. The minimum absolute atomic E-state index is 0.0830. The normalized spacial score (nSPS) is 12.6. The van der Waals surface area contributed by atoms with Crippen molar-refractivity contribution >= 4 is 40.8 Å². The lowest BCUT2D eigenvalue weighted by molar-refractivity contribution is -0.111. The molecule has 0 heterocycles. The molecule has 0 aliphatic heterocycles. The van der Waals surface area contributed by atoms with Crippen molar-refractivity contribution in [2.24, 2.45) is 0 Å². The molecule has 29 heavy (non-hydrogen) atoms. The average Bonchev–Trinajstić information content (AvgIpc) is 2.71. The molecule has 4 nitrogen and oxygen atoms in total. The van der Waals surface area contributed by atoms with Crippen LogP contribution in [0.2, 0.25) is 5.02 Å². The molecule has 0 saturated heterocycles. The number of fused-ring (bicyclic) bond motifs is 2. The Morgan fingerprint density at radius 2 is 1.52 bits per heavy atom. The highest BCUT2D eigenvalue weighted by molar-refractivity contribution is 6.32. The molecule has 3 aromatic carbocycles. The zero-order valence-corrected chi connectivity index (χ0v) is 15.7. The Morgan fingerprint density at radius 3 is 2.24 bits per heavy atom. The number of hydrogen-bond acceptors (Lipinski definition) is 3. The van der Waals surface area contributed by atoms with Crippen molar-refractivity contribution in [2.75, 3.05) is 5.32 Å². The van der Waals surface area contributed by atoms with Crippen LogP contribution in [0.4, 0.5) is 10.1 Å². The molecule has 1 aliphatic rings. The number of benzene rings is 3. The first kappa shape index (κ1) is 18.8. The fraction of sp³-hybridized carbons (Fsp3) is 0. The molecule has 1 amide bonds. The predicted molar refractivity (Wildman–Crippen MR) is 109 cm³/mol. The van der Waals surface area contributed by atoms with E-state index in [4.69, 9.17) is 11.6 Å². The van der Waals surface area contributed by atoms with E-state index in [1.165, 1.54) is 24.3 Å². The van der Waals surface area contributed by atoms with E-state index in [1.807, 2.05) is 0 Å². The first-order valence-electron chi connectivity index (χ1n) is 8.72. The third kappa shape index (κ3) is 3.37. The lowest BCUT2D eigenvalue weighted by atomic mass is 9.83.